The highest BCUT2D eigenvalue weighted by molar-refractivity contribution is 5.86. The van der Waals surface area contributed by atoms with E-state index in [-0.39, 0.29) is 11.5 Å². The second-order valence-electron chi connectivity index (χ2n) is 2.90. The highest BCUT2D eigenvalue weighted by Crippen LogP contribution is 2.27. The van der Waals surface area contributed by atoms with Gasteiger partial charge in [0, 0.05) is 18.6 Å². The number of nitrogens with one attached hydrogen (secondary N) is 1. The molecule has 1 aromatic carbocycles. The summed E-state index contributed by atoms with van der Waals surface area (Å²) in [5, 5.41) is 23.5. The quantitative estimate of drug-likeness (QED) is 0.448. The number of aromatic hydroxyl groups is 1. The van der Waals surface area contributed by atoms with Crippen LogP contribution >= 0.6 is 0 Å². The normalized spacial score (nSPS) is 10.3. The monoisotopic (exact) mass is 223 g/mol. The van der Waals surface area contributed by atoms with Crippen molar-refractivity contribution in [2.24, 2.45) is 5.10 Å². The minimum Gasteiger partial charge on any atom is -0.502 e. The molecule has 7 heteroatoms. The third kappa shape index (κ3) is 2.77. The van der Waals surface area contributed by atoms with Crippen LogP contribution in [0.4, 0.5) is 5.69 Å². The van der Waals surface area contributed by atoms with Crippen LogP contribution in [0, 0.1) is 10.1 Å². The van der Waals surface area contributed by atoms with E-state index in [1.54, 1.807) is 0 Å². The van der Waals surface area contributed by atoms with E-state index in [1.807, 2.05) is 0 Å². The number of nitrogens with zero attached hydrogens (tertiary/aromatic N) is 2. The molecule has 84 valence electrons. The number of benzene rings is 1. The van der Waals surface area contributed by atoms with Crippen LogP contribution in [0.2, 0.25) is 0 Å². The Morgan fingerprint density at radius 1 is 1.62 bits per heavy atom. The van der Waals surface area contributed by atoms with Crippen molar-refractivity contribution in [1.82, 2.24) is 5.43 Å². The van der Waals surface area contributed by atoms with Crippen molar-refractivity contribution in [2.45, 2.75) is 6.92 Å². The number of para-hydroxylation sites is 1. The fraction of sp³-hybridized carbons (Fsp3) is 0.111. The van der Waals surface area contributed by atoms with E-state index in [4.69, 9.17) is 0 Å². The second-order valence-corrected chi connectivity index (χ2v) is 2.90. The summed E-state index contributed by atoms with van der Waals surface area (Å²) in [5.41, 5.74) is 1.86. The lowest BCUT2D eigenvalue weighted by atomic mass is 10.2. The molecule has 1 rings (SSSR count). The predicted octanol–water partition coefficient (Wildman–Crippen LogP) is 0.770. The van der Waals surface area contributed by atoms with Gasteiger partial charge in [0.15, 0.2) is 0 Å². The van der Waals surface area contributed by atoms with E-state index >= 15 is 0 Å². The zero-order chi connectivity index (χ0) is 12.1. The van der Waals surface area contributed by atoms with Crippen molar-refractivity contribution in [2.75, 3.05) is 0 Å². The van der Waals surface area contributed by atoms with Gasteiger partial charge in [0.05, 0.1) is 11.1 Å². The highest BCUT2D eigenvalue weighted by Gasteiger charge is 2.14. The lowest BCUT2D eigenvalue weighted by Crippen LogP contribution is -2.12. The Kier molecular flexibility index (Phi) is 3.54. The molecule has 0 atom stereocenters. The Balaban J connectivity index is 2.97. The number of nitro benzene ring substituents is 1. The third-order valence-corrected chi connectivity index (χ3v) is 1.67. The lowest BCUT2D eigenvalue weighted by molar-refractivity contribution is -0.385. The summed E-state index contributed by atoms with van der Waals surface area (Å²) in [4.78, 5) is 20.3. The molecule has 0 unspecified atom stereocenters. The summed E-state index contributed by atoms with van der Waals surface area (Å²) in [6.07, 6.45) is 1.13. The first kappa shape index (κ1) is 11.6. The van der Waals surface area contributed by atoms with Gasteiger partial charge in [0.25, 0.3) is 0 Å². The van der Waals surface area contributed by atoms with Gasteiger partial charge in [-0.3, -0.25) is 14.9 Å². The molecule has 7 nitrogen and oxygen atoms in total. The zero-order valence-electron chi connectivity index (χ0n) is 8.38. The van der Waals surface area contributed by atoms with E-state index in [9.17, 15) is 20.0 Å². The fourth-order valence-corrected chi connectivity index (χ4v) is 0.993. The van der Waals surface area contributed by atoms with Gasteiger partial charge in [-0.05, 0) is 6.07 Å². The molecular formula is C9H9N3O4. The summed E-state index contributed by atoms with van der Waals surface area (Å²) in [6.45, 7) is 1.27. The molecule has 0 saturated carbocycles. The molecule has 16 heavy (non-hydrogen) atoms. The smallest absolute Gasteiger partial charge is 0.311 e. The van der Waals surface area contributed by atoms with E-state index in [0.717, 1.165) is 6.21 Å². The minimum absolute atomic E-state index is 0.156. The van der Waals surface area contributed by atoms with Gasteiger partial charge in [-0.25, -0.2) is 5.43 Å². The number of nitro groups is 1. The molecule has 0 heterocycles. The number of carbonyl (C=O) groups is 1. The molecule has 0 bridgehead atoms. The van der Waals surface area contributed by atoms with Crippen LogP contribution in [-0.4, -0.2) is 22.2 Å². The highest BCUT2D eigenvalue weighted by atomic mass is 16.6. The Bertz CT molecular complexity index is 456. The van der Waals surface area contributed by atoms with Crippen LogP contribution in [0.1, 0.15) is 12.5 Å². The average molecular weight is 223 g/mol. The minimum atomic E-state index is -0.703. The summed E-state index contributed by atoms with van der Waals surface area (Å²) in [6, 6.07) is 4.02. The molecule has 0 aliphatic carbocycles. The molecular weight excluding hydrogens is 214 g/mol. The maximum atomic E-state index is 10.5. The zero-order valence-corrected chi connectivity index (χ0v) is 8.38. The van der Waals surface area contributed by atoms with Gasteiger partial charge in [-0.15, -0.1) is 0 Å². The fourth-order valence-electron chi connectivity index (χ4n) is 0.993. The third-order valence-electron chi connectivity index (χ3n) is 1.67. The van der Waals surface area contributed by atoms with E-state index in [0.29, 0.717) is 0 Å². The van der Waals surface area contributed by atoms with Gasteiger partial charge in [0.2, 0.25) is 11.7 Å². The van der Waals surface area contributed by atoms with Gasteiger partial charge >= 0.3 is 5.69 Å². The number of phenolic OH excluding ortho intramolecular Hbond substituents is 1. The van der Waals surface area contributed by atoms with Crippen molar-refractivity contribution >= 4 is 17.8 Å². The van der Waals surface area contributed by atoms with Gasteiger partial charge in [0.1, 0.15) is 0 Å². The van der Waals surface area contributed by atoms with Crippen LogP contribution in [0.3, 0.4) is 0 Å². The summed E-state index contributed by atoms with van der Waals surface area (Å²) >= 11 is 0. The molecule has 2 N–H and O–H groups in total. The number of phenols is 1. The largest absolute Gasteiger partial charge is 0.502 e. The van der Waals surface area contributed by atoms with E-state index in [2.05, 4.69) is 10.5 Å². The van der Waals surface area contributed by atoms with Crippen molar-refractivity contribution in [1.29, 1.82) is 0 Å². The SMILES string of the molecule is CC(=O)N/N=C\c1cccc([N+](=O)[O-])c1O. The number of hydrogen-bond acceptors (Lipinski definition) is 5. The van der Waals surface area contributed by atoms with Gasteiger partial charge in [-0.2, -0.15) is 5.10 Å². The number of amides is 1. The molecule has 1 amide bonds. The summed E-state index contributed by atoms with van der Waals surface area (Å²) in [5.74, 6) is -0.859. The van der Waals surface area contributed by atoms with Crippen LogP contribution in [0.15, 0.2) is 23.3 Å². The van der Waals surface area contributed by atoms with Crippen molar-refractivity contribution in [3.63, 3.8) is 0 Å². The Labute approximate surface area is 90.6 Å². The Hall–Kier alpha value is -2.44. The first-order valence-corrected chi connectivity index (χ1v) is 4.28. The molecule has 0 spiro atoms. The Morgan fingerprint density at radius 2 is 2.31 bits per heavy atom. The standard InChI is InChI=1S/C9H9N3O4/c1-6(13)11-10-5-7-3-2-4-8(9(7)14)12(15)16/h2-5,14H,1H3,(H,11,13)/b10-5-. The average Bonchev–Trinajstić information content (AvgIpc) is 2.19. The first-order valence-electron chi connectivity index (χ1n) is 4.28. The van der Waals surface area contributed by atoms with Crippen molar-refractivity contribution in [3.05, 3.63) is 33.9 Å². The maximum absolute atomic E-state index is 10.5. The lowest BCUT2D eigenvalue weighted by Gasteiger charge is -1.99. The topological polar surface area (TPSA) is 105 Å². The maximum Gasteiger partial charge on any atom is 0.311 e. The summed E-state index contributed by atoms with van der Waals surface area (Å²) < 4.78 is 0. The van der Waals surface area contributed by atoms with E-state index < -0.39 is 16.4 Å². The van der Waals surface area contributed by atoms with E-state index in [1.165, 1.54) is 25.1 Å². The number of carbonyl (C=O) groups excluding carboxylic acids is 1. The van der Waals surface area contributed by atoms with Crippen LogP contribution in [0.5, 0.6) is 5.75 Å². The Morgan fingerprint density at radius 3 is 2.88 bits per heavy atom. The molecule has 0 saturated heterocycles. The molecule has 0 radical (unpaired) electrons. The van der Waals surface area contributed by atoms with Crippen LogP contribution in [0.25, 0.3) is 0 Å². The van der Waals surface area contributed by atoms with Crippen LogP contribution < -0.4 is 5.43 Å². The molecule has 0 aliphatic rings. The molecule has 1 aromatic rings. The number of rotatable bonds is 3. The molecule has 0 fully saturated rings. The van der Waals surface area contributed by atoms with Gasteiger partial charge < -0.3 is 5.11 Å². The van der Waals surface area contributed by atoms with Gasteiger partial charge in [-0.1, -0.05) is 6.07 Å². The van der Waals surface area contributed by atoms with Crippen molar-refractivity contribution < 1.29 is 14.8 Å². The molecule has 0 aliphatic heterocycles. The number of hydrogen-bond donors (Lipinski definition) is 2. The second kappa shape index (κ2) is 4.87. The predicted molar refractivity (Wildman–Crippen MR) is 56.2 cm³/mol. The first-order chi connectivity index (χ1) is 7.52. The van der Waals surface area contributed by atoms with Crippen molar-refractivity contribution in [3.8, 4) is 5.75 Å². The summed E-state index contributed by atoms with van der Waals surface area (Å²) in [7, 11) is 0. The van der Waals surface area contributed by atoms with Crippen LogP contribution in [-0.2, 0) is 4.79 Å². The molecule has 0 aromatic heterocycles. The number of hydrazone groups is 1.